The largest absolute Gasteiger partial charge is 0.330 e. The minimum atomic E-state index is -0.183. The van der Waals surface area contributed by atoms with E-state index in [1.54, 1.807) is 0 Å². The summed E-state index contributed by atoms with van der Waals surface area (Å²) >= 11 is 1.93. The monoisotopic (exact) mass is 367 g/mol. The van der Waals surface area contributed by atoms with Gasteiger partial charge >= 0.3 is 0 Å². The number of hydrogen-bond acceptors (Lipinski definition) is 2. The molecule has 132 valence electrons. The van der Waals surface area contributed by atoms with Crippen molar-refractivity contribution in [3.63, 3.8) is 0 Å². The van der Waals surface area contributed by atoms with Crippen LogP contribution < -0.4 is 5.73 Å². The molecule has 0 radical (unpaired) electrons. The third-order valence-corrected chi connectivity index (χ3v) is 5.21. The Morgan fingerprint density at radius 1 is 0.958 bits per heavy atom. The number of halogens is 2. The molecule has 1 unspecified atom stereocenters. The number of benzene rings is 2. The van der Waals surface area contributed by atoms with Crippen LogP contribution in [-0.2, 0) is 0 Å². The van der Waals surface area contributed by atoms with Crippen molar-refractivity contribution in [2.24, 2.45) is 5.73 Å². The molecule has 0 bridgehead atoms. The van der Waals surface area contributed by atoms with Crippen molar-refractivity contribution in [3.8, 4) is 0 Å². The molecule has 2 aromatic rings. The van der Waals surface area contributed by atoms with E-state index in [2.05, 4.69) is 31.2 Å². The zero-order valence-electron chi connectivity index (χ0n) is 14.2. The van der Waals surface area contributed by atoms with Crippen LogP contribution in [0.4, 0.5) is 4.39 Å². The molecule has 0 heterocycles. The summed E-state index contributed by atoms with van der Waals surface area (Å²) < 4.78 is 13.0. The van der Waals surface area contributed by atoms with Crippen LogP contribution in [0.1, 0.15) is 42.7 Å². The molecule has 0 amide bonds. The van der Waals surface area contributed by atoms with E-state index in [-0.39, 0.29) is 18.2 Å². The number of thioether (sulfide) groups is 1. The van der Waals surface area contributed by atoms with Crippen molar-refractivity contribution < 1.29 is 4.39 Å². The predicted molar refractivity (Wildman–Crippen MR) is 106 cm³/mol. The summed E-state index contributed by atoms with van der Waals surface area (Å²) in [4.78, 5) is 1.35. The fraction of sp³-hybridized carbons (Fsp3) is 0.400. The van der Waals surface area contributed by atoms with Gasteiger partial charge in [-0.25, -0.2) is 4.39 Å². The van der Waals surface area contributed by atoms with E-state index in [9.17, 15) is 4.39 Å². The van der Waals surface area contributed by atoms with Crippen LogP contribution in [0.3, 0.4) is 0 Å². The summed E-state index contributed by atoms with van der Waals surface area (Å²) in [5.41, 5.74) is 8.34. The van der Waals surface area contributed by atoms with Crippen LogP contribution in [0.25, 0.3) is 0 Å². The number of hydrogen-bond donors (Lipinski definition) is 1. The van der Waals surface area contributed by atoms with Crippen LogP contribution >= 0.6 is 24.2 Å². The molecular weight excluding hydrogens is 341 g/mol. The van der Waals surface area contributed by atoms with Crippen molar-refractivity contribution >= 4 is 24.2 Å². The summed E-state index contributed by atoms with van der Waals surface area (Å²) in [5.74, 6) is 1.32. The van der Waals surface area contributed by atoms with Gasteiger partial charge in [-0.15, -0.1) is 24.2 Å². The maximum Gasteiger partial charge on any atom is 0.123 e. The zero-order chi connectivity index (χ0) is 16.5. The topological polar surface area (TPSA) is 26.0 Å². The lowest BCUT2D eigenvalue weighted by Gasteiger charge is -2.15. The normalized spacial score (nSPS) is 11.8. The highest BCUT2D eigenvalue weighted by atomic mass is 35.5. The van der Waals surface area contributed by atoms with E-state index in [1.807, 2.05) is 23.9 Å². The summed E-state index contributed by atoms with van der Waals surface area (Å²) in [7, 11) is 0. The van der Waals surface area contributed by atoms with Crippen LogP contribution in [0.5, 0.6) is 0 Å². The highest BCUT2D eigenvalue weighted by Crippen LogP contribution is 2.23. The van der Waals surface area contributed by atoms with E-state index in [0.717, 1.165) is 17.7 Å². The van der Waals surface area contributed by atoms with Gasteiger partial charge < -0.3 is 5.73 Å². The molecule has 0 saturated heterocycles. The maximum absolute atomic E-state index is 13.0. The Balaban J connectivity index is 0.00000288. The zero-order valence-corrected chi connectivity index (χ0v) is 15.8. The van der Waals surface area contributed by atoms with Crippen molar-refractivity contribution in [1.82, 2.24) is 0 Å². The van der Waals surface area contributed by atoms with Crippen LogP contribution in [0, 0.1) is 12.7 Å². The molecule has 0 fully saturated rings. The van der Waals surface area contributed by atoms with Gasteiger partial charge in [0.15, 0.2) is 0 Å². The first-order valence-corrected chi connectivity index (χ1v) is 9.32. The fourth-order valence-electron chi connectivity index (χ4n) is 2.65. The number of nitrogens with two attached hydrogens (primary N) is 1. The van der Waals surface area contributed by atoms with E-state index in [0.29, 0.717) is 12.5 Å². The van der Waals surface area contributed by atoms with Crippen LogP contribution in [0.15, 0.2) is 53.4 Å². The smallest absolute Gasteiger partial charge is 0.123 e. The molecule has 1 atom stereocenters. The first kappa shape index (κ1) is 21.0. The molecular formula is C20H27ClFNS. The molecule has 4 heteroatoms. The maximum atomic E-state index is 13.0. The van der Waals surface area contributed by atoms with Gasteiger partial charge in [-0.3, -0.25) is 0 Å². The summed E-state index contributed by atoms with van der Waals surface area (Å²) in [6, 6.07) is 15.5. The first-order chi connectivity index (χ1) is 11.2. The van der Waals surface area contributed by atoms with Gasteiger partial charge in [-0.1, -0.05) is 42.7 Å². The lowest BCUT2D eigenvalue weighted by molar-refractivity contribution is 0.571. The second-order valence-corrected chi connectivity index (χ2v) is 7.16. The molecule has 0 aliphatic rings. The van der Waals surface area contributed by atoms with E-state index >= 15 is 0 Å². The minimum Gasteiger partial charge on any atom is -0.330 e. The molecule has 0 saturated carbocycles. The second-order valence-electron chi connectivity index (χ2n) is 6.00. The van der Waals surface area contributed by atoms with E-state index < -0.39 is 0 Å². The Bertz CT molecular complexity index is 571. The molecule has 0 aromatic heterocycles. The standard InChI is InChI=1S/C20H26FNS.ClH/c1-16-6-12-20(13-7-16)23-14-4-2-3-5-18(15-22)17-8-10-19(21)11-9-17;/h6-13,18H,2-5,14-15,22H2,1H3;1H. The van der Waals surface area contributed by atoms with Crippen LogP contribution in [0.2, 0.25) is 0 Å². The quantitative estimate of drug-likeness (QED) is 0.437. The highest BCUT2D eigenvalue weighted by molar-refractivity contribution is 7.99. The van der Waals surface area contributed by atoms with Gasteiger partial charge in [0.25, 0.3) is 0 Å². The van der Waals surface area contributed by atoms with Crippen molar-refractivity contribution in [2.75, 3.05) is 12.3 Å². The molecule has 2 N–H and O–H groups in total. The van der Waals surface area contributed by atoms with Gasteiger partial charge in [0.05, 0.1) is 0 Å². The van der Waals surface area contributed by atoms with E-state index in [1.165, 1.54) is 41.9 Å². The molecule has 2 aromatic carbocycles. The highest BCUT2D eigenvalue weighted by Gasteiger charge is 2.09. The number of unbranched alkanes of at least 4 members (excludes halogenated alkanes) is 2. The van der Waals surface area contributed by atoms with Gasteiger partial charge in [0.1, 0.15) is 5.82 Å². The lowest BCUT2D eigenvalue weighted by Crippen LogP contribution is -2.12. The Kier molecular flexibility index (Phi) is 10.1. The molecule has 24 heavy (non-hydrogen) atoms. The summed E-state index contributed by atoms with van der Waals surface area (Å²) in [6.45, 7) is 2.74. The Morgan fingerprint density at radius 3 is 2.25 bits per heavy atom. The van der Waals surface area contributed by atoms with Crippen molar-refractivity contribution in [1.29, 1.82) is 0 Å². The molecule has 0 aliphatic carbocycles. The predicted octanol–water partition coefficient (Wildman–Crippen LogP) is 5.95. The Labute approximate surface area is 155 Å². The average molecular weight is 368 g/mol. The Hall–Kier alpha value is -1.03. The van der Waals surface area contributed by atoms with Gasteiger partial charge in [-0.2, -0.15) is 0 Å². The fourth-order valence-corrected chi connectivity index (χ4v) is 3.56. The third-order valence-electron chi connectivity index (χ3n) is 4.11. The molecule has 0 spiro atoms. The summed E-state index contributed by atoms with van der Waals surface area (Å²) in [5, 5.41) is 0. The van der Waals surface area contributed by atoms with Gasteiger partial charge in [0, 0.05) is 4.90 Å². The van der Waals surface area contributed by atoms with Crippen LogP contribution in [-0.4, -0.2) is 12.3 Å². The summed E-state index contributed by atoms with van der Waals surface area (Å²) in [6.07, 6.45) is 4.70. The second kappa shape index (κ2) is 11.5. The molecule has 0 aliphatic heterocycles. The van der Waals surface area contributed by atoms with Gasteiger partial charge in [-0.05, 0) is 67.8 Å². The number of aryl methyl sites for hydroxylation is 1. The van der Waals surface area contributed by atoms with Gasteiger partial charge in [0.2, 0.25) is 0 Å². The van der Waals surface area contributed by atoms with E-state index in [4.69, 9.17) is 5.73 Å². The minimum absolute atomic E-state index is 0. The first-order valence-electron chi connectivity index (χ1n) is 8.34. The Morgan fingerprint density at radius 2 is 1.62 bits per heavy atom. The van der Waals surface area contributed by atoms with Crippen molar-refractivity contribution in [3.05, 3.63) is 65.5 Å². The molecule has 2 rings (SSSR count). The average Bonchev–Trinajstić information content (AvgIpc) is 2.57. The number of rotatable bonds is 9. The SMILES string of the molecule is Cc1ccc(SCCCCCC(CN)c2ccc(F)cc2)cc1.Cl. The lowest BCUT2D eigenvalue weighted by atomic mass is 9.93. The molecule has 1 nitrogen and oxygen atoms in total. The van der Waals surface area contributed by atoms with Crippen molar-refractivity contribution in [2.45, 2.75) is 43.4 Å². The third kappa shape index (κ3) is 7.25.